The van der Waals surface area contributed by atoms with E-state index in [1.54, 1.807) is 16.4 Å². The van der Waals surface area contributed by atoms with E-state index < -0.39 is 10.0 Å². The van der Waals surface area contributed by atoms with Gasteiger partial charge in [0.15, 0.2) is 0 Å². The lowest BCUT2D eigenvalue weighted by Gasteiger charge is -2.26. The van der Waals surface area contributed by atoms with Gasteiger partial charge >= 0.3 is 0 Å². The zero-order valence-corrected chi connectivity index (χ0v) is 14.8. The maximum atomic E-state index is 12.6. The standard InChI is InChI=1S/C17H28N2O3S/c1-14(13-20)12-18-15(2)16-6-8-17(9-7-16)23(21,22)19-10-4-3-5-11-19/h6-9,14-15,18,20H,3-5,10-13H2,1-2H3. The fourth-order valence-electron chi connectivity index (χ4n) is 2.74. The molecule has 1 aliphatic rings. The van der Waals surface area contributed by atoms with E-state index in [0.717, 1.165) is 31.4 Å². The number of nitrogens with zero attached hydrogens (tertiary/aromatic N) is 1. The van der Waals surface area contributed by atoms with Gasteiger partial charge in [-0.2, -0.15) is 4.31 Å². The molecule has 0 amide bonds. The van der Waals surface area contributed by atoms with Crippen LogP contribution >= 0.6 is 0 Å². The number of sulfonamides is 1. The van der Waals surface area contributed by atoms with Crippen LogP contribution in [0.3, 0.4) is 0 Å². The van der Waals surface area contributed by atoms with Crippen molar-refractivity contribution >= 4 is 10.0 Å². The number of rotatable bonds is 7. The summed E-state index contributed by atoms with van der Waals surface area (Å²) in [6.45, 7) is 6.16. The van der Waals surface area contributed by atoms with Crippen molar-refractivity contribution in [2.75, 3.05) is 26.2 Å². The number of benzene rings is 1. The van der Waals surface area contributed by atoms with Gasteiger partial charge in [0, 0.05) is 32.3 Å². The highest BCUT2D eigenvalue weighted by atomic mass is 32.2. The summed E-state index contributed by atoms with van der Waals surface area (Å²) < 4.78 is 26.8. The number of hydrogen-bond donors (Lipinski definition) is 2. The lowest BCUT2D eigenvalue weighted by atomic mass is 10.1. The maximum absolute atomic E-state index is 12.6. The maximum Gasteiger partial charge on any atom is 0.243 e. The molecule has 1 fully saturated rings. The van der Waals surface area contributed by atoms with Gasteiger partial charge in [-0.1, -0.05) is 25.5 Å². The second kappa shape index (κ2) is 8.24. The van der Waals surface area contributed by atoms with Crippen LogP contribution in [0.5, 0.6) is 0 Å². The quantitative estimate of drug-likeness (QED) is 0.798. The Bertz CT molecular complexity index is 580. The van der Waals surface area contributed by atoms with Crippen molar-refractivity contribution in [1.29, 1.82) is 0 Å². The number of hydrogen-bond acceptors (Lipinski definition) is 4. The van der Waals surface area contributed by atoms with Crippen LogP contribution in [0.4, 0.5) is 0 Å². The van der Waals surface area contributed by atoms with Crippen LogP contribution in [0.1, 0.15) is 44.7 Å². The minimum Gasteiger partial charge on any atom is -0.396 e. The highest BCUT2D eigenvalue weighted by molar-refractivity contribution is 7.89. The molecule has 1 aromatic rings. The average Bonchev–Trinajstić information content (AvgIpc) is 2.60. The summed E-state index contributed by atoms with van der Waals surface area (Å²) in [6.07, 6.45) is 3.00. The van der Waals surface area contributed by atoms with Crippen LogP contribution < -0.4 is 5.32 Å². The van der Waals surface area contributed by atoms with Crippen molar-refractivity contribution in [1.82, 2.24) is 9.62 Å². The highest BCUT2D eigenvalue weighted by Crippen LogP contribution is 2.22. The molecule has 23 heavy (non-hydrogen) atoms. The van der Waals surface area contributed by atoms with Crippen LogP contribution in [0, 0.1) is 5.92 Å². The number of aliphatic hydroxyl groups is 1. The van der Waals surface area contributed by atoms with Gasteiger partial charge in [-0.3, -0.25) is 0 Å². The predicted molar refractivity (Wildman–Crippen MR) is 91.7 cm³/mol. The first-order valence-electron chi connectivity index (χ1n) is 8.39. The normalized spacial score (nSPS) is 19.4. The molecule has 1 aliphatic heterocycles. The van der Waals surface area contributed by atoms with E-state index in [9.17, 15) is 8.42 Å². The Morgan fingerprint density at radius 2 is 1.74 bits per heavy atom. The molecule has 2 N–H and O–H groups in total. The van der Waals surface area contributed by atoms with Crippen LogP contribution in [0.2, 0.25) is 0 Å². The van der Waals surface area contributed by atoms with Crippen LogP contribution in [-0.4, -0.2) is 44.1 Å². The average molecular weight is 340 g/mol. The third-order valence-corrected chi connectivity index (χ3v) is 6.33. The van der Waals surface area contributed by atoms with Crippen molar-refractivity contribution in [3.63, 3.8) is 0 Å². The number of nitrogens with one attached hydrogen (secondary N) is 1. The summed E-state index contributed by atoms with van der Waals surface area (Å²) in [5, 5.41) is 12.4. The molecule has 1 heterocycles. The molecule has 0 saturated carbocycles. The van der Waals surface area contributed by atoms with E-state index >= 15 is 0 Å². The van der Waals surface area contributed by atoms with Gasteiger partial charge < -0.3 is 10.4 Å². The summed E-state index contributed by atoms with van der Waals surface area (Å²) in [7, 11) is -3.35. The number of piperidine rings is 1. The van der Waals surface area contributed by atoms with Gasteiger partial charge in [0.05, 0.1) is 4.90 Å². The molecule has 2 rings (SSSR count). The summed E-state index contributed by atoms with van der Waals surface area (Å²) in [6, 6.07) is 7.27. The monoisotopic (exact) mass is 340 g/mol. The molecule has 6 heteroatoms. The van der Waals surface area contributed by atoms with Gasteiger partial charge in [-0.15, -0.1) is 0 Å². The molecule has 130 valence electrons. The summed E-state index contributed by atoms with van der Waals surface area (Å²) in [5.74, 6) is 0.205. The minimum atomic E-state index is -3.35. The summed E-state index contributed by atoms with van der Waals surface area (Å²) in [5.41, 5.74) is 1.05. The van der Waals surface area contributed by atoms with Gasteiger partial charge in [-0.05, 0) is 43.4 Å². The van der Waals surface area contributed by atoms with Crippen LogP contribution in [0.25, 0.3) is 0 Å². The lowest BCUT2D eigenvalue weighted by Crippen LogP contribution is -2.35. The Hall–Kier alpha value is -0.950. The van der Waals surface area contributed by atoms with Crippen molar-refractivity contribution in [3.8, 4) is 0 Å². The molecular weight excluding hydrogens is 312 g/mol. The number of aliphatic hydroxyl groups excluding tert-OH is 1. The molecular formula is C17H28N2O3S. The van der Waals surface area contributed by atoms with E-state index in [4.69, 9.17) is 5.11 Å². The zero-order valence-electron chi connectivity index (χ0n) is 14.0. The first-order valence-corrected chi connectivity index (χ1v) is 9.83. The topological polar surface area (TPSA) is 69.6 Å². The Morgan fingerprint density at radius 1 is 1.13 bits per heavy atom. The molecule has 5 nitrogen and oxygen atoms in total. The van der Waals surface area contributed by atoms with Crippen LogP contribution in [0.15, 0.2) is 29.2 Å². The molecule has 0 bridgehead atoms. The lowest BCUT2D eigenvalue weighted by molar-refractivity contribution is 0.231. The third kappa shape index (κ3) is 4.76. The molecule has 1 aromatic carbocycles. The molecule has 0 aromatic heterocycles. The second-order valence-electron chi connectivity index (χ2n) is 6.45. The van der Waals surface area contributed by atoms with Crippen molar-refractivity contribution in [2.45, 2.75) is 44.0 Å². The van der Waals surface area contributed by atoms with Gasteiger partial charge in [0.25, 0.3) is 0 Å². The van der Waals surface area contributed by atoms with E-state index in [0.29, 0.717) is 18.0 Å². The van der Waals surface area contributed by atoms with E-state index in [1.165, 1.54) is 0 Å². The SMILES string of the molecule is CC(CO)CNC(C)c1ccc(S(=O)(=O)N2CCCCC2)cc1. The Kier molecular flexibility index (Phi) is 6.59. The zero-order chi connectivity index (χ0) is 16.9. The van der Waals surface area contributed by atoms with Gasteiger partial charge in [0.1, 0.15) is 0 Å². The highest BCUT2D eigenvalue weighted by Gasteiger charge is 2.25. The first kappa shape index (κ1) is 18.4. The van der Waals surface area contributed by atoms with E-state index in [-0.39, 0.29) is 18.6 Å². The summed E-state index contributed by atoms with van der Waals surface area (Å²) >= 11 is 0. The molecule has 2 atom stereocenters. The van der Waals surface area contributed by atoms with Crippen LogP contribution in [-0.2, 0) is 10.0 Å². The Morgan fingerprint density at radius 3 is 2.30 bits per heavy atom. The second-order valence-corrected chi connectivity index (χ2v) is 8.39. The minimum absolute atomic E-state index is 0.121. The Balaban J connectivity index is 2.03. The third-order valence-electron chi connectivity index (χ3n) is 4.42. The first-order chi connectivity index (χ1) is 10.9. The van der Waals surface area contributed by atoms with Crippen molar-refractivity contribution < 1.29 is 13.5 Å². The van der Waals surface area contributed by atoms with Gasteiger partial charge in [0.2, 0.25) is 10.0 Å². The summed E-state index contributed by atoms with van der Waals surface area (Å²) in [4.78, 5) is 0.374. The molecule has 0 aliphatic carbocycles. The molecule has 1 saturated heterocycles. The largest absolute Gasteiger partial charge is 0.396 e. The van der Waals surface area contributed by atoms with E-state index in [2.05, 4.69) is 5.32 Å². The van der Waals surface area contributed by atoms with E-state index in [1.807, 2.05) is 26.0 Å². The van der Waals surface area contributed by atoms with Crippen molar-refractivity contribution in [3.05, 3.63) is 29.8 Å². The molecule has 2 unspecified atom stereocenters. The fourth-order valence-corrected chi connectivity index (χ4v) is 4.26. The van der Waals surface area contributed by atoms with Crippen molar-refractivity contribution in [2.24, 2.45) is 5.92 Å². The molecule has 0 radical (unpaired) electrons. The Labute approximate surface area is 139 Å². The fraction of sp³-hybridized carbons (Fsp3) is 0.647. The van der Waals surface area contributed by atoms with Gasteiger partial charge in [-0.25, -0.2) is 8.42 Å². The predicted octanol–water partition coefficient (Wildman–Crippen LogP) is 2.14. The smallest absolute Gasteiger partial charge is 0.243 e. The molecule has 0 spiro atoms.